The Morgan fingerprint density at radius 2 is 1.31 bits per heavy atom. The van der Waals surface area contributed by atoms with E-state index in [0.29, 0.717) is 19.3 Å². The molecule has 3 atom stereocenters. The summed E-state index contributed by atoms with van der Waals surface area (Å²) in [5.74, 6) is 0.152. The second-order valence-corrected chi connectivity index (χ2v) is 13.2. The normalized spacial score (nSPS) is 17.2. The van der Waals surface area contributed by atoms with Crippen LogP contribution in [0.4, 0.5) is 0 Å². The van der Waals surface area contributed by atoms with Gasteiger partial charge in [0.15, 0.2) is 6.10 Å². The van der Waals surface area contributed by atoms with Gasteiger partial charge in [-0.05, 0) is 57.3 Å². The van der Waals surface area contributed by atoms with Crippen LogP contribution < -0.4 is 0 Å². The van der Waals surface area contributed by atoms with Gasteiger partial charge in [-0.1, -0.05) is 134 Å². The molecule has 0 aromatic rings. The van der Waals surface area contributed by atoms with Crippen LogP contribution in [0.15, 0.2) is 36.5 Å². The molecule has 1 aliphatic rings. The minimum Gasteiger partial charge on any atom is -0.462 e. The van der Waals surface area contributed by atoms with Gasteiger partial charge in [-0.25, -0.2) is 0 Å². The lowest BCUT2D eigenvalue weighted by molar-refractivity contribution is -0.161. The van der Waals surface area contributed by atoms with Gasteiger partial charge in [-0.15, -0.1) is 0 Å². The second-order valence-electron chi connectivity index (χ2n) is 13.2. The second kappa shape index (κ2) is 29.5. The van der Waals surface area contributed by atoms with Crippen molar-refractivity contribution < 1.29 is 28.9 Å². The van der Waals surface area contributed by atoms with E-state index in [1.807, 2.05) is 0 Å². The number of ether oxygens (including phenoxy) is 3. The molecule has 1 rings (SSSR count). The molecule has 0 radical (unpaired) electrons. The number of unbranched alkanes of at least 4 members (excludes halogenated alkanes) is 12. The summed E-state index contributed by atoms with van der Waals surface area (Å²) in [7, 11) is 0. The van der Waals surface area contributed by atoms with Crippen molar-refractivity contribution in [2.75, 3.05) is 13.2 Å². The predicted octanol–water partition coefficient (Wildman–Crippen LogP) is 10.1. The van der Waals surface area contributed by atoms with Crippen LogP contribution in [0.2, 0.25) is 0 Å². The molecule has 1 saturated heterocycles. The van der Waals surface area contributed by atoms with Crippen molar-refractivity contribution in [1.29, 1.82) is 0 Å². The highest BCUT2D eigenvalue weighted by atomic mass is 16.6. The lowest BCUT2D eigenvalue weighted by atomic mass is 10.0. The molecule has 260 valence electrons. The molecule has 6 heteroatoms. The van der Waals surface area contributed by atoms with Crippen molar-refractivity contribution in [2.24, 2.45) is 5.92 Å². The molecule has 0 spiro atoms. The van der Waals surface area contributed by atoms with Gasteiger partial charge in [-0.2, -0.15) is 0 Å². The minimum atomic E-state index is -0.799. The van der Waals surface area contributed by atoms with Gasteiger partial charge in [-0.3, -0.25) is 9.59 Å². The van der Waals surface area contributed by atoms with Gasteiger partial charge in [0, 0.05) is 12.8 Å². The molecule has 1 fully saturated rings. The molecular weight excluding hydrogens is 564 g/mol. The molecular formula is C39H68O6. The van der Waals surface area contributed by atoms with E-state index in [4.69, 9.17) is 14.2 Å². The van der Waals surface area contributed by atoms with Gasteiger partial charge < -0.3 is 19.3 Å². The highest BCUT2D eigenvalue weighted by Gasteiger charge is 2.36. The predicted molar refractivity (Wildman–Crippen MR) is 186 cm³/mol. The van der Waals surface area contributed by atoms with Crippen molar-refractivity contribution in [3.8, 4) is 0 Å². The van der Waals surface area contributed by atoms with Crippen molar-refractivity contribution in [3.63, 3.8) is 0 Å². The first kappa shape index (κ1) is 41.1. The summed E-state index contributed by atoms with van der Waals surface area (Å²) < 4.78 is 16.3. The third-order valence-electron chi connectivity index (χ3n) is 8.29. The molecule has 6 nitrogen and oxygen atoms in total. The van der Waals surface area contributed by atoms with Crippen LogP contribution in [-0.4, -0.2) is 48.6 Å². The molecule has 0 aliphatic carbocycles. The summed E-state index contributed by atoms with van der Waals surface area (Å²) in [6, 6.07) is 0. The van der Waals surface area contributed by atoms with Crippen LogP contribution in [0.3, 0.4) is 0 Å². The maximum atomic E-state index is 12.1. The summed E-state index contributed by atoms with van der Waals surface area (Å²) in [5.41, 5.74) is 0. The zero-order valence-electron chi connectivity index (χ0n) is 29.2. The SMILES string of the molecule is CCCCC/C=C\C/C=C\C/C=C\CC1OC1CCCC(=O)OC[C@H](CO)OC(=O)CCCCCCCCCCCCC(C)C. The van der Waals surface area contributed by atoms with E-state index < -0.39 is 6.10 Å². The molecule has 0 saturated carbocycles. The molecule has 0 aromatic carbocycles. The fraction of sp³-hybridized carbons (Fsp3) is 0.795. The first-order valence-electron chi connectivity index (χ1n) is 18.5. The average Bonchev–Trinajstić information content (AvgIpc) is 3.77. The molecule has 0 amide bonds. The number of hydrogen-bond donors (Lipinski definition) is 1. The van der Waals surface area contributed by atoms with E-state index >= 15 is 0 Å². The lowest BCUT2D eigenvalue weighted by Crippen LogP contribution is -2.28. The standard InChI is InChI=1S/C39H68O6/c1-4-5-6-7-8-9-10-11-15-18-21-24-28-36-37(45-36)29-26-31-38(41)43-33-35(32-40)44-39(42)30-25-22-19-16-13-12-14-17-20-23-27-34(2)3/h8-9,11,15,21,24,34-37,40H,4-7,10,12-14,16-20,22-23,25-33H2,1-3H3/b9-8-,15-11-,24-21-/t35-,36?,37?/m0/s1. The van der Waals surface area contributed by atoms with Crippen LogP contribution in [0.5, 0.6) is 0 Å². The monoisotopic (exact) mass is 633 g/mol. The van der Waals surface area contributed by atoms with E-state index in [1.165, 1.54) is 77.0 Å². The van der Waals surface area contributed by atoms with Crippen molar-refractivity contribution in [3.05, 3.63) is 36.5 Å². The largest absolute Gasteiger partial charge is 0.462 e. The number of carbonyl (C=O) groups is 2. The molecule has 1 heterocycles. The van der Waals surface area contributed by atoms with Gasteiger partial charge in [0.1, 0.15) is 6.61 Å². The molecule has 2 unspecified atom stereocenters. The third kappa shape index (κ3) is 27.0. The van der Waals surface area contributed by atoms with Crippen molar-refractivity contribution >= 4 is 11.9 Å². The molecule has 0 aromatic heterocycles. The van der Waals surface area contributed by atoms with Gasteiger partial charge in [0.25, 0.3) is 0 Å². The smallest absolute Gasteiger partial charge is 0.306 e. The van der Waals surface area contributed by atoms with Crippen molar-refractivity contribution in [2.45, 2.75) is 180 Å². The zero-order valence-corrected chi connectivity index (χ0v) is 29.2. The number of aliphatic hydroxyl groups is 1. The van der Waals surface area contributed by atoms with E-state index in [1.54, 1.807) is 0 Å². The molecule has 1 aliphatic heterocycles. The number of carbonyl (C=O) groups excluding carboxylic acids is 2. The Morgan fingerprint density at radius 1 is 0.711 bits per heavy atom. The summed E-state index contributed by atoms with van der Waals surface area (Å²) in [4.78, 5) is 24.3. The lowest BCUT2D eigenvalue weighted by Gasteiger charge is -2.15. The molecule has 1 N–H and O–H groups in total. The number of hydrogen-bond acceptors (Lipinski definition) is 6. The fourth-order valence-electron chi connectivity index (χ4n) is 5.35. The third-order valence-corrected chi connectivity index (χ3v) is 8.29. The molecule has 45 heavy (non-hydrogen) atoms. The fourth-order valence-corrected chi connectivity index (χ4v) is 5.35. The summed E-state index contributed by atoms with van der Waals surface area (Å²) in [5, 5.41) is 9.55. The first-order chi connectivity index (χ1) is 22.0. The Kier molecular flexibility index (Phi) is 26.9. The van der Waals surface area contributed by atoms with Crippen molar-refractivity contribution in [1.82, 2.24) is 0 Å². The van der Waals surface area contributed by atoms with E-state index in [-0.39, 0.29) is 37.4 Å². The number of rotatable bonds is 31. The van der Waals surface area contributed by atoms with Crippen LogP contribution >= 0.6 is 0 Å². The molecule has 0 bridgehead atoms. The Hall–Kier alpha value is -1.92. The van der Waals surface area contributed by atoms with Crippen LogP contribution in [0.25, 0.3) is 0 Å². The van der Waals surface area contributed by atoms with E-state index in [2.05, 4.69) is 57.2 Å². The summed E-state index contributed by atoms with van der Waals surface area (Å²) in [6.07, 6.45) is 36.5. The summed E-state index contributed by atoms with van der Waals surface area (Å²) in [6.45, 7) is 6.36. The van der Waals surface area contributed by atoms with Gasteiger partial charge in [0.2, 0.25) is 0 Å². The number of allylic oxidation sites excluding steroid dienone is 5. The Morgan fingerprint density at radius 3 is 1.96 bits per heavy atom. The Labute approximate surface area is 276 Å². The van der Waals surface area contributed by atoms with E-state index in [0.717, 1.165) is 50.9 Å². The van der Waals surface area contributed by atoms with Crippen LogP contribution in [-0.2, 0) is 23.8 Å². The number of esters is 2. The maximum absolute atomic E-state index is 12.1. The average molecular weight is 633 g/mol. The highest BCUT2D eigenvalue weighted by molar-refractivity contribution is 5.70. The first-order valence-corrected chi connectivity index (χ1v) is 18.5. The minimum absolute atomic E-state index is 0.102. The van der Waals surface area contributed by atoms with E-state index in [9.17, 15) is 14.7 Å². The van der Waals surface area contributed by atoms with Crippen LogP contribution in [0.1, 0.15) is 162 Å². The highest BCUT2D eigenvalue weighted by Crippen LogP contribution is 2.30. The quantitative estimate of drug-likeness (QED) is 0.0354. The summed E-state index contributed by atoms with van der Waals surface area (Å²) >= 11 is 0. The van der Waals surface area contributed by atoms with Crippen LogP contribution in [0, 0.1) is 5.92 Å². The topological polar surface area (TPSA) is 85.4 Å². The van der Waals surface area contributed by atoms with Gasteiger partial charge in [0.05, 0.1) is 18.8 Å². The Balaban J connectivity index is 1.96. The number of epoxide rings is 1. The number of aliphatic hydroxyl groups excluding tert-OH is 1. The van der Waals surface area contributed by atoms with Gasteiger partial charge >= 0.3 is 11.9 Å². The Bertz CT molecular complexity index is 801. The maximum Gasteiger partial charge on any atom is 0.306 e. The zero-order chi connectivity index (χ0) is 32.8.